The van der Waals surface area contributed by atoms with Crippen LogP contribution < -0.4 is 0 Å². The van der Waals surface area contributed by atoms with E-state index < -0.39 is 18.0 Å². The van der Waals surface area contributed by atoms with Crippen LogP contribution in [0.3, 0.4) is 0 Å². The van der Waals surface area contributed by atoms with Crippen molar-refractivity contribution in [1.82, 2.24) is 4.98 Å². The van der Waals surface area contributed by atoms with E-state index in [1.54, 1.807) is 6.92 Å². The number of rotatable bonds is 3. The van der Waals surface area contributed by atoms with E-state index in [4.69, 9.17) is 11.6 Å². The summed E-state index contributed by atoms with van der Waals surface area (Å²) in [6.45, 7) is 1.68. The minimum absolute atomic E-state index is 0.0562. The molecule has 0 atom stereocenters. The molecule has 7 heteroatoms. The summed E-state index contributed by atoms with van der Waals surface area (Å²) < 4.78 is 29.9. The lowest BCUT2D eigenvalue weighted by Crippen LogP contribution is -2.10. The molecular formula is C9H7BrClF2NO2. The Labute approximate surface area is 104 Å². The largest absolute Gasteiger partial charge is 0.462 e. The number of esters is 1. The summed E-state index contributed by atoms with van der Waals surface area (Å²) in [6.07, 6.45) is -2.83. The Bertz CT molecular complexity index is 415. The van der Waals surface area contributed by atoms with Gasteiger partial charge >= 0.3 is 5.97 Å². The summed E-state index contributed by atoms with van der Waals surface area (Å²) in [5.41, 5.74) is -0.786. The van der Waals surface area contributed by atoms with Crippen LogP contribution in [0.5, 0.6) is 0 Å². The smallest absolute Gasteiger partial charge is 0.338 e. The fourth-order valence-electron chi connectivity index (χ4n) is 1.08. The summed E-state index contributed by atoms with van der Waals surface area (Å²) in [7, 11) is 0. The van der Waals surface area contributed by atoms with Gasteiger partial charge in [-0.25, -0.2) is 18.6 Å². The third-order valence-electron chi connectivity index (χ3n) is 1.69. The average molecular weight is 315 g/mol. The summed E-state index contributed by atoms with van der Waals surface area (Å²) in [5.74, 6) is -0.845. The van der Waals surface area contributed by atoms with Gasteiger partial charge in [-0.1, -0.05) is 11.6 Å². The number of hydrogen-bond donors (Lipinski definition) is 0. The highest BCUT2D eigenvalue weighted by Gasteiger charge is 2.24. The molecule has 0 bridgehead atoms. The normalized spacial score (nSPS) is 10.6. The van der Waals surface area contributed by atoms with Crippen molar-refractivity contribution in [2.24, 2.45) is 0 Å². The fraction of sp³-hybridized carbons (Fsp3) is 0.333. The van der Waals surface area contributed by atoms with Crippen molar-refractivity contribution >= 4 is 33.5 Å². The number of aromatic nitrogens is 1. The van der Waals surface area contributed by atoms with E-state index >= 15 is 0 Å². The first-order valence-electron chi connectivity index (χ1n) is 4.28. The van der Waals surface area contributed by atoms with E-state index in [1.165, 1.54) is 0 Å². The topological polar surface area (TPSA) is 39.2 Å². The molecule has 1 aromatic rings. The van der Waals surface area contributed by atoms with Gasteiger partial charge < -0.3 is 4.74 Å². The maximum atomic E-state index is 12.7. The molecule has 0 saturated heterocycles. The van der Waals surface area contributed by atoms with Crippen LogP contribution in [0.1, 0.15) is 29.3 Å². The van der Waals surface area contributed by atoms with Crippen molar-refractivity contribution in [2.75, 3.05) is 6.61 Å². The fourth-order valence-corrected chi connectivity index (χ4v) is 1.95. The van der Waals surface area contributed by atoms with E-state index in [0.29, 0.717) is 0 Å². The van der Waals surface area contributed by atoms with Crippen LogP contribution in [0.15, 0.2) is 10.7 Å². The van der Waals surface area contributed by atoms with Crippen LogP contribution in [0.25, 0.3) is 0 Å². The van der Waals surface area contributed by atoms with Gasteiger partial charge in [0.1, 0.15) is 9.76 Å². The van der Waals surface area contributed by atoms with Gasteiger partial charge in [0, 0.05) is 0 Å². The molecule has 1 heterocycles. The molecule has 0 amide bonds. The maximum Gasteiger partial charge on any atom is 0.338 e. The molecule has 1 rings (SSSR count). The molecule has 0 aromatic carbocycles. The molecule has 16 heavy (non-hydrogen) atoms. The Morgan fingerprint density at radius 3 is 2.81 bits per heavy atom. The Morgan fingerprint density at radius 2 is 2.31 bits per heavy atom. The summed E-state index contributed by atoms with van der Waals surface area (Å²) in [4.78, 5) is 15.0. The number of carbonyl (C=O) groups is 1. The molecule has 0 unspecified atom stereocenters. The van der Waals surface area contributed by atoms with Gasteiger partial charge in [0.25, 0.3) is 6.43 Å². The highest BCUT2D eigenvalue weighted by molar-refractivity contribution is 9.10. The average Bonchev–Trinajstić information content (AvgIpc) is 2.15. The van der Waals surface area contributed by atoms with Gasteiger partial charge in [-0.3, -0.25) is 0 Å². The monoisotopic (exact) mass is 313 g/mol. The summed E-state index contributed by atoms with van der Waals surface area (Å²) >= 11 is 8.41. The number of halogens is 4. The lowest BCUT2D eigenvalue weighted by atomic mass is 10.1. The van der Waals surface area contributed by atoms with Crippen molar-refractivity contribution in [3.8, 4) is 0 Å². The van der Waals surface area contributed by atoms with E-state index in [1.807, 2.05) is 0 Å². The van der Waals surface area contributed by atoms with Crippen molar-refractivity contribution in [3.05, 3.63) is 26.9 Å². The molecule has 0 spiro atoms. The Hall–Kier alpha value is -0.750. The van der Waals surface area contributed by atoms with Crippen molar-refractivity contribution in [1.29, 1.82) is 0 Å². The first kappa shape index (κ1) is 13.3. The molecule has 0 fully saturated rings. The van der Waals surface area contributed by atoms with Crippen LogP contribution >= 0.6 is 27.5 Å². The summed E-state index contributed by atoms with van der Waals surface area (Å²) in [6, 6.07) is 1.06. The van der Waals surface area contributed by atoms with Crippen LogP contribution in [0, 0.1) is 0 Å². The Kier molecular flexibility index (Phi) is 4.61. The predicted octanol–water partition coefficient (Wildman–Crippen LogP) is 3.61. The first-order valence-corrected chi connectivity index (χ1v) is 5.45. The second kappa shape index (κ2) is 5.54. The van der Waals surface area contributed by atoms with E-state index in [0.717, 1.165) is 6.07 Å². The highest BCUT2D eigenvalue weighted by Crippen LogP contribution is 2.31. The zero-order valence-corrected chi connectivity index (χ0v) is 10.5. The third-order valence-corrected chi connectivity index (χ3v) is 2.49. The molecule has 3 nitrogen and oxygen atoms in total. The van der Waals surface area contributed by atoms with Crippen molar-refractivity contribution in [3.63, 3.8) is 0 Å². The second-order valence-electron chi connectivity index (χ2n) is 2.72. The first-order chi connectivity index (χ1) is 7.47. The lowest BCUT2D eigenvalue weighted by Gasteiger charge is -2.09. The van der Waals surface area contributed by atoms with E-state index in [-0.39, 0.29) is 21.9 Å². The minimum Gasteiger partial charge on any atom is -0.462 e. The van der Waals surface area contributed by atoms with Crippen LogP contribution in [0.4, 0.5) is 8.78 Å². The molecule has 0 N–H and O–H groups in total. The maximum absolute atomic E-state index is 12.7. The quantitative estimate of drug-likeness (QED) is 0.632. The number of nitrogens with zero attached hydrogens (tertiary/aromatic N) is 1. The molecule has 0 aliphatic rings. The number of ether oxygens (including phenoxy) is 1. The Balaban J connectivity index is 3.29. The van der Waals surface area contributed by atoms with Gasteiger partial charge in [0.2, 0.25) is 0 Å². The molecule has 0 saturated carbocycles. The second-order valence-corrected chi connectivity index (χ2v) is 3.86. The third kappa shape index (κ3) is 2.89. The van der Waals surface area contributed by atoms with Gasteiger partial charge in [-0.05, 0) is 28.9 Å². The number of alkyl halides is 2. The molecule has 0 radical (unpaired) electrons. The summed E-state index contributed by atoms with van der Waals surface area (Å²) in [5, 5.41) is -0.0562. The van der Waals surface area contributed by atoms with Crippen molar-refractivity contribution in [2.45, 2.75) is 13.3 Å². The van der Waals surface area contributed by atoms with Crippen LogP contribution in [0.2, 0.25) is 5.15 Å². The van der Waals surface area contributed by atoms with Crippen LogP contribution in [-0.2, 0) is 4.74 Å². The highest BCUT2D eigenvalue weighted by atomic mass is 79.9. The van der Waals surface area contributed by atoms with E-state index in [9.17, 15) is 13.6 Å². The zero-order valence-electron chi connectivity index (χ0n) is 8.14. The van der Waals surface area contributed by atoms with Gasteiger partial charge in [-0.2, -0.15) is 0 Å². The standard InChI is InChI=1S/C9H7BrClF2NO2/c1-2-16-9(15)4-3-5(11)14-7(10)6(4)8(12)13/h3,8H,2H2,1H3. The SMILES string of the molecule is CCOC(=O)c1cc(Cl)nc(Br)c1C(F)F. The number of hydrogen-bond acceptors (Lipinski definition) is 3. The van der Waals surface area contributed by atoms with Gasteiger partial charge in [0.15, 0.2) is 0 Å². The zero-order chi connectivity index (χ0) is 12.3. The molecular weight excluding hydrogens is 307 g/mol. The predicted molar refractivity (Wildman–Crippen MR) is 57.9 cm³/mol. The van der Waals surface area contributed by atoms with Gasteiger partial charge in [0.05, 0.1) is 17.7 Å². The molecule has 0 aliphatic heterocycles. The van der Waals surface area contributed by atoms with E-state index in [2.05, 4.69) is 25.7 Å². The molecule has 1 aromatic heterocycles. The van der Waals surface area contributed by atoms with Crippen LogP contribution in [-0.4, -0.2) is 17.6 Å². The number of pyridine rings is 1. The van der Waals surface area contributed by atoms with Gasteiger partial charge in [-0.15, -0.1) is 0 Å². The molecule has 88 valence electrons. The molecule has 0 aliphatic carbocycles. The lowest BCUT2D eigenvalue weighted by molar-refractivity contribution is 0.0514. The Morgan fingerprint density at radius 1 is 1.69 bits per heavy atom. The minimum atomic E-state index is -2.83. The number of carbonyl (C=O) groups excluding carboxylic acids is 1. The van der Waals surface area contributed by atoms with Crippen molar-refractivity contribution < 1.29 is 18.3 Å².